The standard InChI is InChI=1S/C14H25N3O2S/c1-12(2)16(3)9-10-17(4)14-8-6-7-13(11-14)15-20(5,18)19/h6-8,11-12,15H,9-10H2,1-5H3. The number of benzene rings is 1. The number of rotatable bonds is 7. The summed E-state index contributed by atoms with van der Waals surface area (Å²) in [7, 11) is 0.872. The molecule has 0 bridgehead atoms. The summed E-state index contributed by atoms with van der Waals surface area (Å²) in [5.41, 5.74) is 1.59. The molecule has 0 radical (unpaired) electrons. The van der Waals surface area contributed by atoms with Crippen molar-refractivity contribution < 1.29 is 8.42 Å². The molecule has 0 amide bonds. The monoisotopic (exact) mass is 299 g/mol. The molecule has 0 fully saturated rings. The third kappa shape index (κ3) is 5.79. The van der Waals surface area contributed by atoms with Gasteiger partial charge in [-0.3, -0.25) is 4.72 Å². The Hall–Kier alpha value is -1.27. The predicted molar refractivity (Wildman–Crippen MR) is 85.9 cm³/mol. The summed E-state index contributed by atoms with van der Waals surface area (Å²) in [6.07, 6.45) is 1.15. The van der Waals surface area contributed by atoms with Gasteiger partial charge in [-0.15, -0.1) is 0 Å². The summed E-state index contributed by atoms with van der Waals surface area (Å²) in [5, 5.41) is 0. The van der Waals surface area contributed by atoms with Crippen LogP contribution in [0.3, 0.4) is 0 Å². The average molecular weight is 299 g/mol. The molecule has 0 aliphatic rings. The van der Waals surface area contributed by atoms with Crippen LogP contribution in [0, 0.1) is 0 Å². The van der Waals surface area contributed by atoms with E-state index in [0.29, 0.717) is 11.7 Å². The zero-order chi connectivity index (χ0) is 15.3. The second-order valence-electron chi connectivity index (χ2n) is 5.42. The van der Waals surface area contributed by atoms with E-state index in [4.69, 9.17) is 0 Å². The molecule has 0 unspecified atom stereocenters. The van der Waals surface area contributed by atoms with Crippen molar-refractivity contribution in [3.63, 3.8) is 0 Å². The third-order valence-corrected chi connectivity index (χ3v) is 3.87. The van der Waals surface area contributed by atoms with Gasteiger partial charge in [-0.05, 0) is 39.1 Å². The zero-order valence-corrected chi connectivity index (χ0v) is 13.7. The molecule has 0 atom stereocenters. The molecule has 0 spiro atoms. The van der Waals surface area contributed by atoms with Gasteiger partial charge >= 0.3 is 0 Å². The highest BCUT2D eigenvalue weighted by Crippen LogP contribution is 2.19. The van der Waals surface area contributed by atoms with E-state index in [9.17, 15) is 8.42 Å². The first-order valence-electron chi connectivity index (χ1n) is 6.68. The van der Waals surface area contributed by atoms with Gasteiger partial charge in [0.1, 0.15) is 0 Å². The van der Waals surface area contributed by atoms with Crippen LogP contribution in [0.2, 0.25) is 0 Å². The van der Waals surface area contributed by atoms with Crippen LogP contribution in [0.25, 0.3) is 0 Å². The largest absolute Gasteiger partial charge is 0.373 e. The van der Waals surface area contributed by atoms with Crippen LogP contribution in [0.15, 0.2) is 24.3 Å². The van der Waals surface area contributed by atoms with Crippen molar-refractivity contribution in [1.29, 1.82) is 0 Å². The van der Waals surface area contributed by atoms with Gasteiger partial charge < -0.3 is 9.80 Å². The van der Waals surface area contributed by atoms with E-state index in [1.165, 1.54) is 0 Å². The van der Waals surface area contributed by atoms with Crippen molar-refractivity contribution in [2.24, 2.45) is 0 Å². The second kappa shape index (κ2) is 6.95. The summed E-state index contributed by atoms with van der Waals surface area (Å²) < 4.78 is 25.0. The van der Waals surface area contributed by atoms with Gasteiger partial charge in [-0.25, -0.2) is 8.42 Å². The van der Waals surface area contributed by atoms with Crippen LogP contribution in [-0.2, 0) is 10.0 Å². The summed E-state index contributed by atoms with van der Waals surface area (Å²) in [6, 6.07) is 7.94. The predicted octanol–water partition coefficient (Wildman–Crippen LogP) is 1.83. The summed E-state index contributed by atoms with van der Waals surface area (Å²) >= 11 is 0. The highest BCUT2D eigenvalue weighted by molar-refractivity contribution is 7.92. The number of nitrogens with one attached hydrogen (secondary N) is 1. The van der Waals surface area contributed by atoms with Crippen molar-refractivity contribution in [3.05, 3.63) is 24.3 Å². The lowest BCUT2D eigenvalue weighted by atomic mass is 10.2. The fourth-order valence-electron chi connectivity index (χ4n) is 1.72. The fraction of sp³-hybridized carbons (Fsp3) is 0.571. The maximum absolute atomic E-state index is 11.2. The topological polar surface area (TPSA) is 52.6 Å². The van der Waals surface area contributed by atoms with E-state index in [1.54, 1.807) is 6.07 Å². The molecule has 1 rings (SSSR count). The minimum Gasteiger partial charge on any atom is -0.373 e. The number of hydrogen-bond donors (Lipinski definition) is 1. The Morgan fingerprint density at radius 1 is 1.20 bits per heavy atom. The molecule has 1 aromatic rings. The van der Waals surface area contributed by atoms with Gasteiger partial charge in [0, 0.05) is 31.9 Å². The highest BCUT2D eigenvalue weighted by atomic mass is 32.2. The maximum atomic E-state index is 11.2. The molecule has 0 aliphatic heterocycles. The highest BCUT2D eigenvalue weighted by Gasteiger charge is 2.07. The quantitative estimate of drug-likeness (QED) is 0.834. The van der Waals surface area contributed by atoms with Crippen LogP contribution in [0.1, 0.15) is 13.8 Å². The van der Waals surface area contributed by atoms with Gasteiger partial charge in [0.15, 0.2) is 0 Å². The lowest BCUT2D eigenvalue weighted by Gasteiger charge is -2.26. The first-order valence-corrected chi connectivity index (χ1v) is 8.57. The van der Waals surface area contributed by atoms with Gasteiger partial charge in [-0.2, -0.15) is 0 Å². The number of likely N-dealkylation sites (N-methyl/N-ethyl adjacent to an activating group) is 2. The van der Waals surface area contributed by atoms with Crippen molar-refractivity contribution in [2.75, 3.05) is 43.1 Å². The van der Waals surface area contributed by atoms with E-state index >= 15 is 0 Å². The Morgan fingerprint density at radius 3 is 2.40 bits per heavy atom. The van der Waals surface area contributed by atoms with Crippen LogP contribution in [0.5, 0.6) is 0 Å². The van der Waals surface area contributed by atoms with Crippen LogP contribution in [-0.4, -0.2) is 52.8 Å². The normalized spacial score (nSPS) is 11.9. The number of sulfonamides is 1. The van der Waals surface area contributed by atoms with Crippen LogP contribution in [0.4, 0.5) is 11.4 Å². The summed E-state index contributed by atoms with van der Waals surface area (Å²) in [4.78, 5) is 4.39. The Balaban J connectivity index is 2.69. The van der Waals surface area contributed by atoms with Crippen LogP contribution < -0.4 is 9.62 Å². The molecule has 1 aromatic carbocycles. The molecular formula is C14H25N3O2S. The van der Waals surface area contributed by atoms with Crippen molar-refractivity contribution in [1.82, 2.24) is 4.90 Å². The fourth-order valence-corrected chi connectivity index (χ4v) is 2.27. The first-order chi connectivity index (χ1) is 9.19. The lowest BCUT2D eigenvalue weighted by Crippen LogP contribution is -2.34. The molecule has 0 aliphatic carbocycles. The van der Waals surface area contributed by atoms with E-state index in [2.05, 4.69) is 35.4 Å². The summed E-state index contributed by atoms with van der Waals surface area (Å²) in [5.74, 6) is 0. The summed E-state index contributed by atoms with van der Waals surface area (Å²) in [6.45, 7) is 6.17. The molecule has 5 nitrogen and oxygen atoms in total. The number of hydrogen-bond acceptors (Lipinski definition) is 4. The van der Waals surface area contributed by atoms with E-state index in [0.717, 1.165) is 25.0 Å². The van der Waals surface area contributed by atoms with E-state index in [1.807, 2.05) is 25.2 Å². The lowest BCUT2D eigenvalue weighted by molar-refractivity contribution is 0.280. The third-order valence-electron chi connectivity index (χ3n) is 3.26. The zero-order valence-electron chi connectivity index (χ0n) is 12.9. The smallest absolute Gasteiger partial charge is 0.229 e. The van der Waals surface area contributed by atoms with Crippen molar-refractivity contribution >= 4 is 21.4 Å². The Morgan fingerprint density at radius 2 is 1.85 bits per heavy atom. The molecule has 6 heteroatoms. The average Bonchev–Trinajstić information content (AvgIpc) is 2.33. The van der Waals surface area contributed by atoms with E-state index in [-0.39, 0.29) is 0 Å². The van der Waals surface area contributed by atoms with Gasteiger partial charge in [-0.1, -0.05) is 6.07 Å². The van der Waals surface area contributed by atoms with Gasteiger partial charge in [0.05, 0.1) is 11.9 Å². The second-order valence-corrected chi connectivity index (χ2v) is 7.17. The van der Waals surface area contributed by atoms with Crippen LogP contribution >= 0.6 is 0 Å². The minimum atomic E-state index is -3.23. The SMILES string of the molecule is CC(C)N(C)CCN(C)c1cccc(NS(C)(=O)=O)c1. The maximum Gasteiger partial charge on any atom is 0.229 e. The first kappa shape index (κ1) is 16.8. The molecule has 0 saturated carbocycles. The molecule has 0 saturated heterocycles. The Kier molecular flexibility index (Phi) is 5.83. The molecule has 1 N–H and O–H groups in total. The van der Waals surface area contributed by atoms with Crippen molar-refractivity contribution in [2.45, 2.75) is 19.9 Å². The molecule has 0 heterocycles. The number of anilines is 2. The van der Waals surface area contributed by atoms with Gasteiger partial charge in [0.25, 0.3) is 0 Å². The number of nitrogens with zero attached hydrogens (tertiary/aromatic N) is 2. The minimum absolute atomic E-state index is 0.515. The van der Waals surface area contributed by atoms with E-state index < -0.39 is 10.0 Å². The molecular weight excluding hydrogens is 274 g/mol. The van der Waals surface area contributed by atoms with Gasteiger partial charge in [0.2, 0.25) is 10.0 Å². The Labute approximate surface area is 122 Å². The molecule has 0 aromatic heterocycles. The Bertz CT molecular complexity index is 529. The molecule has 20 heavy (non-hydrogen) atoms. The molecule has 114 valence electrons. The van der Waals surface area contributed by atoms with Crippen molar-refractivity contribution in [3.8, 4) is 0 Å².